The molecule has 0 aliphatic heterocycles. The predicted molar refractivity (Wildman–Crippen MR) is 95.4 cm³/mol. The number of nitrogens with zero attached hydrogens (tertiary/aromatic N) is 1. The zero-order valence-electron chi connectivity index (χ0n) is 14.4. The van der Waals surface area contributed by atoms with E-state index in [0.29, 0.717) is 0 Å². The molecular formula is C19H24N2O2. The fourth-order valence-electron chi connectivity index (χ4n) is 2.41. The summed E-state index contributed by atoms with van der Waals surface area (Å²) in [6.45, 7) is 3.79. The van der Waals surface area contributed by atoms with Gasteiger partial charge in [0.1, 0.15) is 5.75 Å². The number of methoxy groups -OCH3 is 1. The Hall–Kier alpha value is -2.49. The summed E-state index contributed by atoms with van der Waals surface area (Å²) in [5.74, 6) is 0.648. The van der Waals surface area contributed by atoms with Crippen LogP contribution in [0.4, 0.5) is 11.4 Å². The molecule has 2 aromatic rings. The van der Waals surface area contributed by atoms with E-state index >= 15 is 0 Å². The first kappa shape index (κ1) is 16.9. The molecule has 1 amide bonds. The smallest absolute Gasteiger partial charge is 0.234 e. The number of carbonyl (C=O) groups excluding carboxylic acids is 1. The van der Waals surface area contributed by atoms with Crippen LogP contribution in [0.1, 0.15) is 19.4 Å². The van der Waals surface area contributed by atoms with E-state index in [1.165, 1.54) is 0 Å². The number of anilines is 2. The molecule has 0 atom stereocenters. The SMILES string of the molecule is COc1ccccc1C(C)(C)C(=O)Nc1ccc(N(C)C)cc1. The number of ether oxygens (including phenoxy) is 1. The number of benzene rings is 2. The van der Waals surface area contributed by atoms with E-state index in [2.05, 4.69) is 5.32 Å². The molecule has 0 radical (unpaired) electrons. The third-order valence-corrected chi connectivity index (χ3v) is 3.99. The van der Waals surface area contributed by atoms with Crippen molar-refractivity contribution in [3.63, 3.8) is 0 Å². The third kappa shape index (κ3) is 3.65. The van der Waals surface area contributed by atoms with Gasteiger partial charge in [-0.1, -0.05) is 18.2 Å². The molecule has 0 spiro atoms. The standard InChI is InChI=1S/C19H24N2O2/c1-19(2,16-8-6-7-9-17(16)23-5)18(22)20-14-10-12-15(13-11-14)21(3)4/h6-13H,1-5H3,(H,20,22). The van der Waals surface area contributed by atoms with Crippen molar-refractivity contribution in [2.45, 2.75) is 19.3 Å². The second-order valence-corrected chi connectivity index (χ2v) is 6.22. The monoisotopic (exact) mass is 312 g/mol. The quantitative estimate of drug-likeness (QED) is 0.916. The van der Waals surface area contributed by atoms with E-state index in [-0.39, 0.29) is 5.91 Å². The van der Waals surface area contributed by atoms with E-state index in [1.807, 2.05) is 81.4 Å². The van der Waals surface area contributed by atoms with Gasteiger partial charge < -0.3 is 15.0 Å². The molecule has 0 aliphatic rings. The van der Waals surface area contributed by atoms with Crippen LogP contribution in [0, 0.1) is 0 Å². The highest BCUT2D eigenvalue weighted by molar-refractivity contribution is 5.99. The first-order valence-corrected chi connectivity index (χ1v) is 7.58. The minimum atomic E-state index is -0.702. The molecule has 0 fully saturated rings. The molecule has 0 unspecified atom stereocenters. The second-order valence-electron chi connectivity index (χ2n) is 6.22. The Labute approximate surface area is 138 Å². The Morgan fingerprint density at radius 3 is 2.22 bits per heavy atom. The summed E-state index contributed by atoms with van der Waals surface area (Å²) < 4.78 is 5.39. The molecule has 0 saturated carbocycles. The zero-order chi connectivity index (χ0) is 17.0. The Kier molecular flexibility index (Phi) is 4.94. The van der Waals surface area contributed by atoms with Crippen LogP contribution in [-0.2, 0) is 10.2 Å². The second kappa shape index (κ2) is 6.73. The molecule has 2 rings (SSSR count). The minimum absolute atomic E-state index is 0.0698. The van der Waals surface area contributed by atoms with Crippen molar-refractivity contribution in [1.29, 1.82) is 0 Å². The van der Waals surface area contributed by atoms with Gasteiger partial charge in [-0.05, 0) is 44.2 Å². The number of para-hydroxylation sites is 1. The molecule has 23 heavy (non-hydrogen) atoms. The Balaban J connectivity index is 2.21. The topological polar surface area (TPSA) is 41.6 Å². The predicted octanol–water partition coefficient (Wildman–Crippen LogP) is 3.68. The summed E-state index contributed by atoms with van der Waals surface area (Å²) in [5, 5.41) is 2.99. The average Bonchev–Trinajstić information content (AvgIpc) is 2.55. The lowest BCUT2D eigenvalue weighted by atomic mass is 9.83. The van der Waals surface area contributed by atoms with Gasteiger partial charge in [0.15, 0.2) is 0 Å². The van der Waals surface area contributed by atoms with Crippen molar-refractivity contribution < 1.29 is 9.53 Å². The number of hydrogen-bond donors (Lipinski definition) is 1. The van der Waals surface area contributed by atoms with E-state index in [9.17, 15) is 4.79 Å². The zero-order valence-corrected chi connectivity index (χ0v) is 14.4. The Morgan fingerprint density at radius 2 is 1.65 bits per heavy atom. The minimum Gasteiger partial charge on any atom is -0.496 e. The van der Waals surface area contributed by atoms with Crippen molar-refractivity contribution in [3.8, 4) is 5.75 Å². The van der Waals surface area contributed by atoms with Crippen molar-refractivity contribution >= 4 is 17.3 Å². The molecule has 0 aliphatic carbocycles. The van der Waals surface area contributed by atoms with Crippen LogP contribution >= 0.6 is 0 Å². The maximum absolute atomic E-state index is 12.7. The maximum atomic E-state index is 12.7. The van der Waals surface area contributed by atoms with Crippen molar-refractivity contribution in [2.24, 2.45) is 0 Å². The number of hydrogen-bond acceptors (Lipinski definition) is 3. The van der Waals surface area contributed by atoms with E-state index in [4.69, 9.17) is 4.74 Å². The normalized spacial score (nSPS) is 11.0. The van der Waals surface area contributed by atoms with Crippen LogP contribution in [0.3, 0.4) is 0 Å². The highest BCUT2D eigenvalue weighted by Gasteiger charge is 2.32. The van der Waals surface area contributed by atoms with Gasteiger partial charge in [-0.25, -0.2) is 0 Å². The van der Waals surface area contributed by atoms with Crippen LogP contribution in [0.15, 0.2) is 48.5 Å². The lowest BCUT2D eigenvalue weighted by Crippen LogP contribution is -2.35. The maximum Gasteiger partial charge on any atom is 0.234 e. The van der Waals surface area contributed by atoms with Gasteiger partial charge in [0.05, 0.1) is 12.5 Å². The van der Waals surface area contributed by atoms with Gasteiger partial charge in [-0.3, -0.25) is 4.79 Å². The fraction of sp³-hybridized carbons (Fsp3) is 0.316. The van der Waals surface area contributed by atoms with E-state index < -0.39 is 5.41 Å². The first-order valence-electron chi connectivity index (χ1n) is 7.58. The highest BCUT2D eigenvalue weighted by atomic mass is 16.5. The number of nitrogens with one attached hydrogen (secondary N) is 1. The summed E-state index contributed by atoms with van der Waals surface area (Å²) in [6.07, 6.45) is 0. The van der Waals surface area contributed by atoms with Gasteiger partial charge in [-0.15, -0.1) is 0 Å². The molecule has 0 bridgehead atoms. The van der Waals surface area contributed by atoms with Gasteiger partial charge in [0.2, 0.25) is 5.91 Å². The van der Waals surface area contributed by atoms with Crippen molar-refractivity contribution in [3.05, 3.63) is 54.1 Å². The Bertz CT molecular complexity index is 676. The lowest BCUT2D eigenvalue weighted by molar-refractivity contribution is -0.120. The molecule has 122 valence electrons. The van der Waals surface area contributed by atoms with Crippen LogP contribution < -0.4 is 15.0 Å². The van der Waals surface area contributed by atoms with E-state index in [0.717, 1.165) is 22.7 Å². The molecule has 2 aromatic carbocycles. The number of rotatable bonds is 5. The first-order chi connectivity index (χ1) is 10.9. The van der Waals surface area contributed by atoms with E-state index in [1.54, 1.807) is 7.11 Å². The summed E-state index contributed by atoms with van der Waals surface area (Å²) >= 11 is 0. The molecule has 4 nitrogen and oxygen atoms in total. The van der Waals surface area contributed by atoms with Gasteiger partial charge >= 0.3 is 0 Å². The third-order valence-electron chi connectivity index (χ3n) is 3.99. The molecule has 1 N–H and O–H groups in total. The average molecular weight is 312 g/mol. The van der Waals surface area contributed by atoms with Crippen LogP contribution in [-0.4, -0.2) is 27.1 Å². The number of carbonyl (C=O) groups is 1. The van der Waals surface area contributed by atoms with Gasteiger partial charge in [0, 0.05) is 31.0 Å². The summed E-state index contributed by atoms with van der Waals surface area (Å²) in [5.41, 5.74) is 2.03. The summed E-state index contributed by atoms with van der Waals surface area (Å²) in [4.78, 5) is 14.8. The Morgan fingerprint density at radius 1 is 1.04 bits per heavy atom. The van der Waals surface area contributed by atoms with Crippen molar-refractivity contribution in [1.82, 2.24) is 0 Å². The van der Waals surface area contributed by atoms with Crippen LogP contribution in [0.5, 0.6) is 5.75 Å². The van der Waals surface area contributed by atoms with Crippen molar-refractivity contribution in [2.75, 3.05) is 31.4 Å². The molecule has 0 aromatic heterocycles. The summed E-state index contributed by atoms with van der Waals surface area (Å²) in [6, 6.07) is 15.4. The van der Waals surface area contributed by atoms with Gasteiger partial charge in [0.25, 0.3) is 0 Å². The molecule has 0 saturated heterocycles. The summed E-state index contributed by atoms with van der Waals surface area (Å²) in [7, 11) is 5.59. The lowest BCUT2D eigenvalue weighted by Gasteiger charge is -2.26. The highest BCUT2D eigenvalue weighted by Crippen LogP contribution is 2.32. The van der Waals surface area contributed by atoms with Crippen LogP contribution in [0.25, 0.3) is 0 Å². The molecular weight excluding hydrogens is 288 g/mol. The molecule has 0 heterocycles. The number of amides is 1. The van der Waals surface area contributed by atoms with Gasteiger partial charge in [-0.2, -0.15) is 0 Å². The largest absolute Gasteiger partial charge is 0.496 e. The van der Waals surface area contributed by atoms with Crippen LogP contribution in [0.2, 0.25) is 0 Å². The fourth-order valence-corrected chi connectivity index (χ4v) is 2.41. The molecule has 4 heteroatoms.